The van der Waals surface area contributed by atoms with Crippen LogP contribution in [0, 0.1) is 0 Å². The minimum Gasteiger partial charge on any atom is -0.462 e. The van der Waals surface area contributed by atoms with Gasteiger partial charge in [-0.15, -0.1) is 0 Å². The van der Waals surface area contributed by atoms with Crippen LogP contribution in [-0.2, 0) is 28.6 Å². The van der Waals surface area contributed by atoms with Crippen LogP contribution in [0.25, 0.3) is 0 Å². The number of hydrogen-bond acceptors (Lipinski definition) is 6. The summed E-state index contributed by atoms with van der Waals surface area (Å²) in [5.41, 5.74) is 0. The lowest BCUT2D eigenvalue weighted by atomic mass is 10.0. The van der Waals surface area contributed by atoms with E-state index in [1.54, 1.807) is 0 Å². The van der Waals surface area contributed by atoms with Crippen LogP contribution in [0.4, 0.5) is 0 Å². The van der Waals surface area contributed by atoms with Crippen LogP contribution in [0.5, 0.6) is 0 Å². The maximum absolute atomic E-state index is 12.9. The van der Waals surface area contributed by atoms with Gasteiger partial charge in [0.1, 0.15) is 13.2 Å². The van der Waals surface area contributed by atoms with Gasteiger partial charge in [-0.05, 0) is 83.5 Å². The number of allylic oxidation sites excluding steroid dienone is 14. The molecule has 0 aliphatic heterocycles. The van der Waals surface area contributed by atoms with E-state index in [1.807, 2.05) is 6.08 Å². The van der Waals surface area contributed by atoms with Gasteiger partial charge in [-0.2, -0.15) is 0 Å². The van der Waals surface area contributed by atoms with E-state index in [0.29, 0.717) is 19.3 Å². The van der Waals surface area contributed by atoms with Crippen LogP contribution in [0.15, 0.2) is 85.1 Å². The average molecular weight is 962 g/mol. The molecule has 0 rings (SSSR count). The number of ether oxygens (including phenoxy) is 3. The van der Waals surface area contributed by atoms with Crippen LogP contribution >= 0.6 is 0 Å². The molecule has 0 saturated heterocycles. The van der Waals surface area contributed by atoms with Gasteiger partial charge in [0.05, 0.1) is 0 Å². The maximum atomic E-state index is 12.9. The first-order valence-electron chi connectivity index (χ1n) is 29.1. The molecule has 0 aromatic heterocycles. The Labute approximate surface area is 426 Å². The normalized spacial score (nSPS) is 12.7. The molecule has 0 unspecified atom stereocenters. The van der Waals surface area contributed by atoms with E-state index in [9.17, 15) is 14.4 Å². The topological polar surface area (TPSA) is 78.9 Å². The van der Waals surface area contributed by atoms with Crippen LogP contribution < -0.4 is 0 Å². The van der Waals surface area contributed by atoms with Crippen molar-refractivity contribution < 1.29 is 28.6 Å². The van der Waals surface area contributed by atoms with Crippen LogP contribution in [0.3, 0.4) is 0 Å². The fourth-order valence-electron chi connectivity index (χ4n) is 8.05. The molecular formula is C63H108O6. The molecule has 0 amide bonds. The highest BCUT2D eigenvalue weighted by Crippen LogP contribution is 2.16. The van der Waals surface area contributed by atoms with Crippen molar-refractivity contribution in [3.63, 3.8) is 0 Å². The fraction of sp³-hybridized carbons (Fsp3) is 0.730. The molecule has 0 fully saturated rings. The van der Waals surface area contributed by atoms with Crippen molar-refractivity contribution in [1.29, 1.82) is 0 Å². The average Bonchev–Trinajstić information content (AvgIpc) is 3.35. The lowest BCUT2D eigenvalue weighted by Crippen LogP contribution is -2.30. The zero-order chi connectivity index (χ0) is 50.0. The second kappa shape index (κ2) is 57.2. The summed E-state index contributed by atoms with van der Waals surface area (Å²) in [5.74, 6) is -0.983. The molecule has 0 saturated carbocycles. The molecule has 0 aromatic rings. The van der Waals surface area contributed by atoms with Crippen LogP contribution in [0.1, 0.15) is 278 Å². The van der Waals surface area contributed by atoms with Gasteiger partial charge in [0.2, 0.25) is 0 Å². The number of carbonyl (C=O) groups excluding carboxylic acids is 3. The third kappa shape index (κ3) is 55.4. The van der Waals surface area contributed by atoms with Gasteiger partial charge in [0.25, 0.3) is 0 Å². The summed E-state index contributed by atoms with van der Waals surface area (Å²) in [6.45, 7) is 6.47. The molecule has 396 valence electrons. The van der Waals surface area contributed by atoms with Crippen molar-refractivity contribution in [1.82, 2.24) is 0 Å². The summed E-state index contributed by atoms with van der Waals surface area (Å²) in [6, 6.07) is 0. The van der Waals surface area contributed by atoms with Gasteiger partial charge in [0, 0.05) is 19.3 Å². The zero-order valence-corrected chi connectivity index (χ0v) is 45.3. The summed E-state index contributed by atoms with van der Waals surface area (Å²) < 4.78 is 16.8. The fourth-order valence-corrected chi connectivity index (χ4v) is 8.05. The van der Waals surface area contributed by atoms with Crippen molar-refractivity contribution in [2.45, 2.75) is 284 Å². The molecule has 0 aromatic carbocycles. The third-order valence-corrected chi connectivity index (χ3v) is 12.4. The highest BCUT2D eigenvalue weighted by Gasteiger charge is 2.19. The molecular weight excluding hydrogens is 853 g/mol. The van der Waals surface area contributed by atoms with Crippen LogP contribution in [-0.4, -0.2) is 37.2 Å². The van der Waals surface area contributed by atoms with Crippen molar-refractivity contribution in [2.24, 2.45) is 0 Å². The molecule has 0 spiro atoms. The maximum Gasteiger partial charge on any atom is 0.306 e. The summed E-state index contributed by atoms with van der Waals surface area (Å²) in [7, 11) is 0. The van der Waals surface area contributed by atoms with Crippen molar-refractivity contribution in [3.8, 4) is 0 Å². The van der Waals surface area contributed by atoms with E-state index in [-0.39, 0.29) is 37.5 Å². The van der Waals surface area contributed by atoms with Crippen molar-refractivity contribution >= 4 is 17.9 Å². The molecule has 0 bridgehead atoms. The summed E-state index contributed by atoms with van der Waals surface area (Å²) in [6.07, 6.45) is 74.4. The monoisotopic (exact) mass is 961 g/mol. The largest absolute Gasteiger partial charge is 0.462 e. The Morgan fingerprint density at radius 3 is 0.971 bits per heavy atom. The minimum atomic E-state index is -0.807. The Balaban J connectivity index is 4.48. The second-order valence-electron chi connectivity index (χ2n) is 19.2. The summed E-state index contributed by atoms with van der Waals surface area (Å²) >= 11 is 0. The first-order valence-corrected chi connectivity index (χ1v) is 29.1. The molecule has 6 nitrogen and oxygen atoms in total. The van der Waals surface area contributed by atoms with Gasteiger partial charge in [-0.3, -0.25) is 14.4 Å². The molecule has 0 aliphatic rings. The van der Waals surface area contributed by atoms with E-state index < -0.39 is 6.10 Å². The molecule has 69 heavy (non-hydrogen) atoms. The van der Waals surface area contributed by atoms with Crippen LogP contribution in [0.2, 0.25) is 0 Å². The molecule has 0 aliphatic carbocycles. The Hall–Kier alpha value is -3.41. The molecule has 0 heterocycles. The first-order chi connectivity index (χ1) is 34.0. The predicted octanol–water partition coefficient (Wildman–Crippen LogP) is 19.5. The van der Waals surface area contributed by atoms with E-state index in [1.165, 1.54) is 154 Å². The number of hydrogen-bond donors (Lipinski definition) is 0. The highest BCUT2D eigenvalue weighted by atomic mass is 16.6. The molecule has 1 atom stereocenters. The first kappa shape index (κ1) is 65.6. The Kier molecular flexibility index (Phi) is 54.3. The van der Waals surface area contributed by atoms with Gasteiger partial charge in [-0.1, -0.05) is 260 Å². The summed E-state index contributed by atoms with van der Waals surface area (Å²) in [4.78, 5) is 38.1. The molecule has 0 radical (unpaired) electrons. The SMILES string of the molecule is CC/C=C\C/C=C\C/C=C\C/C=C\C/C=C\C/C=C\CCC(=O)OC[C@H](COC(=O)CCCCCCCCC/C=C\CCCCCCCC)OC(=O)CCCCCCCCCCCCCCCCC. The number of esters is 3. The Morgan fingerprint density at radius 2 is 0.594 bits per heavy atom. The van der Waals surface area contributed by atoms with Gasteiger partial charge < -0.3 is 14.2 Å². The standard InChI is InChI=1S/C63H108O6/c1-4-7-10-13-16-19-22-25-28-30-31-33-36-38-41-44-47-50-53-56-62(65)68-59-60(69-63(66)57-54-51-48-45-42-39-34-27-24-21-18-15-12-9-6-3)58-67-61(64)55-52-49-46-43-40-37-35-32-29-26-23-20-17-14-11-8-5-2/h7,10,16,19,25-26,28-29,31,33,38,41,47,50,60H,4-6,8-9,11-15,17-18,20-24,27,30,32,34-37,39-40,42-46,48-49,51-59H2,1-3H3/b10-7-,19-16-,28-25-,29-26-,33-31-,41-38-,50-47-/t60-/m0/s1. The van der Waals surface area contributed by atoms with Crippen molar-refractivity contribution in [2.75, 3.05) is 13.2 Å². The lowest BCUT2D eigenvalue weighted by Gasteiger charge is -2.18. The van der Waals surface area contributed by atoms with E-state index in [4.69, 9.17) is 14.2 Å². The summed E-state index contributed by atoms with van der Waals surface area (Å²) in [5, 5.41) is 0. The third-order valence-electron chi connectivity index (χ3n) is 12.4. The number of carbonyl (C=O) groups is 3. The quantitative estimate of drug-likeness (QED) is 0.0262. The van der Waals surface area contributed by atoms with Crippen molar-refractivity contribution in [3.05, 3.63) is 85.1 Å². The second-order valence-corrected chi connectivity index (χ2v) is 19.2. The predicted molar refractivity (Wildman–Crippen MR) is 297 cm³/mol. The molecule has 6 heteroatoms. The smallest absolute Gasteiger partial charge is 0.306 e. The number of rotatable bonds is 52. The van der Waals surface area contributed by atoms with E-state index in [2.05, 4.69) is 99.8 Å². The Bertz CT molecular complexity index is 1330. The molecule has 0 N–H and O–H groups in total. The van der Waals surface area contributed by atoms with Gasteiger partial charge in [0.15, 0.2) is 6.10 Å². The highest BCUT2D eigenvalue weighted by molar-refractivity contribution is 5.71. The number of unbranched alkanes of at least 4 members (excludes halogenated alkanes) is 27. The zero-order valence-electron chi connectivity index (χ0n) is 45.3. The lowest BCUT2D eigenvalue weighted by molar-refractivity contribution is -0.166. The van der Waals surface area contributed by atoms with Gasteiger partial charge >= 0.3 is 17.9 Å². The van der Waals surface area contributed by atoms with E-state index in [0.717, 1.165) is 77.0 Å². The Morgan fingerprint density at radius 1 is 0.304 bits per heavy atom. The van der Waals surface area contributed by atoms with Gasteiger partial charge in [-0.25, -0.2) is 0 Å². The van der Waals surface area contributed by atoms with E-state index >= 15 is 0 Å². The minimum absolute atomic E-state index is 0.0999.